The van der Waals surface area contributed by atoms with Gasteiger partial charge >= 0.3 is 0 Å². The number of rotatable bonds is 9. The number of thioether (sulfide) groups is 1. The zero-order chi connectivity index (χ0) is 24.8. The van der Waals surface area contributed by atoms with Crippen LogP contribution in [-0.4, -0.2) is 17.8 Å². The number of amides is 2. The fraction of sp³-hybridized carbons (Fsp3) is 0.143. The summed E-state index contributed by atoms with van der Waals surface area (Å²) in [7, 11) is 0. The predicted molar refractivity (Wildman–Crippen MR) is 137 cm³/mol. The van der Waals surface area contributed by atoms with Crippen molar-refractivity contribution in [1.82, 2.24) is 0 Å². The van der Waals surface area contributed by atoms with Crippen LogP contribution in [0.5, 0.6) is 11.5 Å². The van der Waals surface area contributed by atoms with Gasteiger partial charge < -0.3 is 9.47 Å². The average molecular weight is 490 g/mol. The number of carbonyl (C=O) groups excluding carboxylic acids is 2. The molecule has 178 valence electrons. The van der Waals surface area contributed by atoms with E-state index >= 15 is 0 Å². The number of benzene rings is 3. The molecule has 35 heavy (non-hydrogen) atoms. The summed E-state index contributed by atoms with van der Waals surface area (Å²) in [6.45, 7) is 6.35. The summed E-state index contributed by atoms with van der Waals surface area (Å²) in [5, 5.41) is -0.344. The van der Waals surface area contributed by atoms with Crippen molar-refractivity contribution in [2.75, 3.05) is 11.5 Å². The van der Waals surface area contributed by atoms with Crippen molar-refractivity contribution in [3.63, 3.8) is 0 Å². The Hall–Kier alpha value is -3.84. The van der Waals surface area contributed by atoms with Crippen molar-refractivity contribution in [1.29, 1.82) is 0 Å². The molecule has 0 aliphatic carbocycles. The van der Waals surface area contributed by atoms with Crippen molar-refractivity contribution >= 4 is 34.7 Å². The SMILES string of the molecule is C=CCc1cc(/C=C2\SC(=O)N(c3ccccc3)C2=O)cc(OCC)c1OCc1ccc(F)cc1. The first kappa shape index (κ1) is 24.3. The van der Waals surface area contributed by atoms with E-state index in [1.165, 1.54) is 17.0 Å². The number of allylic oxidation sites excluding steroid dienone is 1. The molecule has 0 radical (unpaired) electrons. The molecule has 1 fully saturated rings. The molecular weight excluding hydrogens is 465 g/mol. The van der Waals surface area contributed by atoms with Gasteiger partial charge in [0.1, 0.15) is 12.4 Å². The summed E-state index contributed by atoms with van der Waals surface area (Å²) >= 11 is 0.898. The second-order valence-electron chi connectivity index (χ2n) is 7.70. The maximum Gasteiger partial charge on any atom is 0.298 e. The molecule has 3 aromatic carbocycles. The highest BCUT2D eigenvalue weighted by molar-refractivity contribution is 8.19. The van der Waals surface area contributed by atoms with Gasteiger partial charge in [0, 0.05) is 5.56 Å². The fourth-order valence-corrected chi connectivity index (χ4v) is 4.50. The molecule has 5 nitrogen and oxygen atoms in total. The Labute approximate surface area is 207 Å². The summed E-state index contributed by atoms with van der Waals surface area (Å²) in [6, 6.07) is 18.6. The highest BCUT2D eigenvalue weighted by Gasteiger charge is 2.36. The van der Waals surface area contributed by atoms with Crippen LogP contribution in [0.1, 0.15) is 23.6 Å². The monoisotopic (exact) mass is 489 g/mol. The molecule has 3 aromatic rings. The molecule has 2 amide bonds. The van der Waals surface area contributed by atoms with Crippen molar-refractivity contribution in [3.8, 4) is 11.5 Å². The lowest BCUT2D eigenvalue weighted by Gasteiger charge is -2.17. The number of halogens is 1. The van der Waals surface area contributed by atoms with Gasteiger partial charge in [0.15, 0.2) is 11.5 Å². The fourth-order valence-electron chi connectivity index (χ4n) is 3.66. The Balaban J connectivity index is 1.65. The molecule has 0 unspecified atom stereocenters. The molecule has 0 bridgehead atoms. The van der Waals surface area contributed by atoms with E-state index in [4.69, 9.17) is 9.47 Å². The first-order valence-corrected chi connectivity index (χ1v) is 11.9. The number of hydrogen-bond acceptors (Lipinski definition) is 5. The number of ether oxygens (including phenoxy) is 2. The molecule has 4 rings (SSSR count). The zero-order valence-electron chi connectivity index (χ0n) is 19.2. The average Bonchev–Trinajstić information content (AvgIpc) is 3.13. The number of carbonyl (C=O) groups is 2. The maximum absolute atomic E-state index is 13.2. The molecule has 0 spiro atoms. The number of anilines is 1. The van der Waals surface area contributed by atoms with E-state index in [1.807, 2.05) is 19.1 Å². The Bertz CT molecular complexity index is 1270. The molecule has 0 atom stereocenters. The minimum absolute atomic E-state index is 0.236. The van der Waals surface area contributed by atoms with E-state index in [9.17, 15) is 14.0 Å². The van der Waals surface area contributed by atoms with E-state index in [2.05, 4.69) is 6.58 Å². The second-order valence-corrected chi connectivity index (χ2v) is 8.69. The van der Waals surface area contributed by atoms with Crippen LogP contribution in [0.4, 0.5) is 14.9 Å². The van der Waals surface area contributed by atoms with Gasteiger partial charge in [-0.25, -0.2) is 9.29 Å². The molecule has 0 aromatic heterocycles. The van der Waals surface area contributed by atoms with Crippen LogP contribution in [0, 0.1) is 5.82 Å². The van der Waals surface area contributed by atoms with Crippen LogP contribution in [0.3, 0.4) is 0 Å². The summed E-state index contributed by atoms with van der Waals surface area (Å²) in [4.78, 5) is 27.1. The Morgan fingerprint density at radius 2 is 1.77 bits per heavy atom. The maximum atomic E-state index is 13.2. The zero-order valence-corrected chi connectivity index (χ0v) is 20.0. The van der Waals surface area contributed by atoms with Gasteiger partial charge in [-0.2, -0.15) is 0 Å². The molecular formula is C28H24FNO4S. The number of para-hydroxylation sites is 1. The first-order valence-electron chi connectivity index (χ1n) is 11.1. The normalized spacial score (nSPS) is 14.5. The Morgan fingerprint density at radius 1 is 1.03 bits per heavy atom. The highest BCUT2D eigenvalue weighted by atomic mass is 32.2. The van der Waals surface area contributed by atoms with Gasteiger partial charge in [-0.15, -0.1) is 6.58 Å². The van der Waals surface area contributed by atoms with Crippen LogP contribution in [0.25, 0.3) is 6.08 Å². The molecule has 1 saturated heterocycles. The lowest BCUT2D eigenvalue weighted by Crippen LogP contribution is -2.27. The second kappa shape index (κ2) is 11.1. The Morgan fingerprint density at radius 3 is 2.46 bits per heavy atom. The van der Waals surface area contributed by atoms with Crippen molar-refractivity contribution in [3.05, 3.63) is 107 Å². The van der Waals surface area contributed by atoms with Gasteiger partial charge in [-0.1, -0.05) is 36.4 Å². The van der Waals surface area contributed by atoms with E-state index in [-0.39, 0.29) is 23.6 Å². The molecule has 1 aliphatic rings. The Kier molecular flexibility index (Phi) is 7.67. The van der Waals surface area contributed by atoms with Gasteiger partial charge in [-0.05, 0) is 78.7 Å². The predicted octanol–water partition coefficient (Wildman–Crippen LogP) is 6.77. The molecule has 0 saturated carbocycles. The lowest BCUT2D eigenvalue weighted by atomic mass is 10.0. The van der Waals surface area contributed by atoms with E-state index in [1.54, 1.807) is 54.6 Å². The van der Waals surface area contributed by atoms with Crippen LogP contribution >= 0.6 is 11.8 Å². The standard InChI is InChI=1S/C28H24FNO4S/c1-3-8-21-15-20(17-25-27(31)30(28(32)35-25)23-9-6-5-7-10-23)16-24(33-4-2)26(21)34-18-19-11-13-22(29)14-12-19/h3,5-7,9-17H,1,4,8,18H2,2H3/b25-17-. The molecule has 7 heteroatoms. The molecule has 1 heterocycles. The topological polar surface area (TPSA) is 55.8 Å². The summed E-state index contributed by atoms with van der Waals surface area (Å²) in [6.07, 6.45) is 3.95. The lowest BCUT2D eigenvalue weighted by molar-refractivity contribution is -0.113. The third-order valence-corrected chi connectivity index (χ3v) is 6.09. The highest BCUT2D eigenvalue weighted by Crippen LogP contribution is 2.39. The third kappa shape index (κ3) is 5.63. The van der Waals surface area contributed by atoms with Gasteiger partial charge in [0.25, 0.3) is 11.1 Å². The van der Waals surface area contributed by atoms with Gasteiger partial charge in [0.05, 0.1) is 17.2 Å². The van der Waals surface area contributed by atoms with Crippen LogP contribution in [0.15, 0.2) is 84.3 Å². The summed E-state index contributed by atoms with van der Waals surface area (Å²) in [5.41, 5.74) is 2.88. The van der Waals surface area contributed by atoms with E-state index in [0.29, 0.717) is 40.7 Å². The minimum Gasteiger partial charge on any atom is -0.490 e. The summed E-state index contributed by atoms with van der Waals surface area (Å²) in [5.74, 6) is 0.399. The molecule has 1 aliphatic heterocycles. The number of nitrogens with zero attached hydrogens (tertiary/aromatic N) is 1. The van der Waals surface area contributed by atoms with E-state index in [0.717, 1.165) is 22.9 Å². The third-order valence-electron chi connectivity index (χ3n) is 5.22. The molecule has 0 N–H and O–H groups in total. The van der Waals surface area contributed by atoms with E-state index < -0.39 is 0 Å². The summed E-state index contributed by atoms with van der Waals surface area (Å²) < 4.78 is 25.2. The smallest absolute Gasteiger partial charge is 0.298 e. The minimum atomic E-state index is -0.369. The van der Waals surface area contributed by atoms with Crippen LogP contribution in [-0.2, 0) is 17.8 Å². The van der Waals surface area contributed by atoms with Gasteiger partial charge in [0.2, 0.25) is 0 Å². The van der Waals surface area contributed by atoms with Crippen LogP contribution < -0.4 is 14.4 Å². The van der Waals surface area contributed by atoms with Crippen molar-refractivity contribution in [2.24, 2.45) is 0 Å². The van der Waals surface area contributed by atoms with Gasteiger partial charge in [-0.3, -0.25) is 9.59 Å². The van der Waals surface area contributed by atoms with Crippen molar-refractivity contribution < 1.29 is 23.5 Å². The van der Waals surface area contributed by atoms with Crippen LogP contribution in [0.2, 0.25) is 0 Å². The quantitative estimate of drug-likeness (QED) is 0.245. The number of imide groups is 1. The number of hydrogen-bond donors (Lipinski definition) is 0. The first-order chi connectivity index (χ1) is 17.0. The largest absolute Gasteiger partial charge is 0.490 e. The van der Waals surface area contributed by atoms with Crippen molar-refractivity contribution in [2.45, 2.75) is 20.0 Å².